The van der Waals surface area contributed by atoms with E-state index < -0.39 is 35.7 Å². The molecular weight excluding hydrogens is 436 g/mol. The van der Waals surface area contributed by atoms with Crippen LogP contribution < -0.4 is 132 Å². The van der Waals surface area contributed by atoms with Crippen LogP contribution in [0.1, 0.15) is 0 Å². The van der Waals surface area contributed by atoms with Crippen LogP contribution in [0.5, 0.6) is 0 Å². The first kappa shape index (κ1) is 31.0. The summed E-state index contributed by atoms with van der Waals surface area (Å²) >= 11 is -10.3. The first-order chi connectivity index (χ1) is 8.34. The van der Waals surface area contributed by atoms with Crippen molar-refractivity contribution in [1.82, 2.24) is 0 Å². The Hall–Kier alpha value is 1.18. The number of rotatable bonds is 6. The van der Waals surface area contributed by atoms with Crippen LogP contribution in [0.4, 0.5) is 0 Å². The van der Waals surface area contributed by atoms with Gasteiger partial charge in [0.15, 0.2) is 0 Å². The molecule has 22 heteroatoms. The fraction of sp³-hybridized carbons (Fsp3) is 0. The summed E-state index contributed by atoms with van der Waals surface area (Å²) in [6.45, 7) is 0. The van der Waals surface area contributed by atoms with Crippen LogP contribution in [-0.4, -0.2) is 23.8 Å². The van der Waals surface area contributed by atoms with Gasteiger partial charge in [0, 0.05) is 0 Å². The van der Waals surface area contributed by atoms with Crippen molar-refractivity contribution in [3.8, 4) is 0 Å². The minimum Gasteiger partial charge on any atom is 1.00 e. The van der Waals surface area contributed by atoms with Gasteiger partial charge in [-0.15, -0.1) is 0 Å². The Morgan fingerprint density at radius 2 is 0.545 bits per heavy atom. The average molecular weight is 436 g/mol. The van der Waals surface area contributed by atoms with Gasteiger partial charge in [-0.2, -0.15) is 0 Å². The summed E-state index contributed by atoms with van der Waals surface area (Å²) in [7, 11) is 0. The number of nitro groups is 6. The molecule has 0 fully saturated rings. The molecule has 22 heavy (non-hydrogen) atoms. The SMILES string of the molecule is O=[N+]([O-])[Co-3]([N+](=O)[O-])([N+](=O)[O-])([N+](=O)[O-])([N+](=O)[O-])[N+](=O)[O-].[K+].[K+].[Na+]. The zero-order chi connectivity index (χ0) is 15.9. The maximum atomic E-state index is 10.5. The van der Waals surface area contributed by atoms with Gasteiger partial charge in [0.05, 0.1) is 0 Å². The molecule has 0 aromatic heterocycles. The number of hydrogen-bond donors (Lipinski definition) is 0. The predicted octanol–water partition coefficient (Wildman–Crippen LogP) is -10.6. The molecule has 18 nitrogen and oxygen atoms in total. The second-order valence-corrected chi connectivity index (χ2v) is 7.58. The Kier molecular flexibility index (Phi) is 12.0. The van der Waals surface area contributed by atoms with Gasteiger partial charge in [-0.3, -0.25) is 0 Å². The molecule has 114 valence electrons. The van der Waals surface area contributed by atoms with E-state index in [9.17, 15) is 60.7 Å². The smallest absolute Gasteiger partial charge is 1.00 e. The molecule has 0 atom stereocenters. The zero-order valence-corrected chi connectivity index (χ0v) is 20.2. The molecule has 0 rings (SSSR count). The molecule has 0 bridgehead atoms. The van der Waals surface area contributed by atoms with Crippen molar-refractivity contribution in [2.45, 2.75) is 0 Å². The van der Waals surface area contributed by atoms with E-state index in [0.717, 1.165) is 0 Å². The van der Waals surface area contributed by atoms with Gasteiger partial charge in [0.25, 0.3) is 0 Å². The molecule has 0 aromatic rings. The van der Waals surface area contributed by atoms with Crippen LogP contribution in [0.2, 0.25) is 0 Å². The Bertz CT molecular complexity index is 441. The molecule has 0 saturated carbocycles. The van der Waals surface area contributed by atoms with Crippen molar-refractivity contribution in [2.75, 3.05) is 0 Å². The summed E-state index contributed by atoms with van der Waals surface area (Å²) in [4.78, 5) is 63.2. The first-order valence-electron chi connectivity index (χ1n) is 3.09. The van der Waals surface area contributed by atoms with Crippen molar-refractivity contribution in [3.05, 3.63) is 60.7 Å². The van der Waals surface area contributed by atoms with Crippen LogP contribution in [0, 0.1) is 60.7 Å². The van der Waals surface area contributed by atoms with Crippen molar-refractivity contribution >= 4 is 0 Å². The molecule has 0 aliphatic carbocycles. The van der Waals surface area contributed by atoms with Gasteiger partial charge in [0.2, 0.25) is 0 Å². The molecule has 0 N–H and O–H groups in total. The maximum absolute atomic E-state index is 10.5. The summed E-state index contributed by atoms with van der Waals surface area (Å²) in [5, 5.41) is 63.2. The summed E-state index contributed by atoms with van der Waals surface area (Å²) in [5.41, 5.74) is 0. The van der Waals surface area contributed by atoms with Crippen LogP contribution in [0.25, 0.3) is 0 Å². The van der Waals surface area contributed by atoms with E-state index in [0.29, 0.717) is 0 Å². The third-order valence-electron chi connectivity index (χ3n) is 1.63. The van der Waals surface area contributed by atoms with E-state index >= 15 is 0 Å². The molecular formula is CoK2N6NaO12. The van der Waals surface area contributed by atoms with E-state index in [4.69, 9.17) is 0 Å². The summed E-state index contributed by atoms with van der Waals surface area (Å²) in [6, 6.07) is 0. The molecule has 0 aromatic carbocycles. The van der Waals surface area contributed by atoms with Gasteiger partial charge >= 0.3 is 229 Å². The third-order valence-corrected chi connectivity index (χ3v) is 6.73. The third kappa shape index (κ3) is 2.30. The largest absolute Gasteiger partial charge is 1.00 e. The van der Waals surface area contributed by atoms with E-state index in [-0.39, 0.29) is 132 Å². The summed E-state index contributed by atoms with van der Waals surface area (Å²) in [6.07, 6.45) is 0. The summed E-state index contributed by atoms with van der Waals surface area (Å²) in [5.74, 6) is 0. The molecule has 0 heterocycles. The number of nitrogens with zero attached hydrogens (tertiary/aromatic N) is 6. The van der Waals surface area contributed by atoms with E-state index in [1.54, 1.807) is 0 Å². The van der Waals surface area contributed by atoms with Crippen molar-refractivity contribution < 1.29 is 168 Å². The topological polar surface area (TPSA) is 259 Å². The Labute approximate surface area is 223 Å². The van der Waals surface area contributed by atoms with E-state index in [1.807, 2.05) is 0 Å². The van der Waals surface area contributed by atoms with Crippen molar-refractivity contribution in [2.24, 2.45) is 0 Å². The van der Waals surface area contributed by atoms with Gasteiger partial charge < -0.3 is 0 Å². The predicted molar refractivity (Wildman–Crippen MR) is 42.0 cm³/mol. The normalized spacial score (nSPS) is 12.5. The Morgan fingerprint density at radius 1 is 0.455 bits per heavy atom. The minimum atomic E-state index is -10.3. The number of hydrogen-bond acceptors (Lipinski definition) is 12. The molecule has 0 unspecified atom stereocenters. The van der Waals surface area contributed by atoms with Crippen LogP contribution in [0.3, 0.4) is 0 Å². The monoisotopic (exact) mass is 436 g/mol. The van der Waals surface area contributed by atoms with E-state index in [1.165, 1.54) is 0 Å². The fourth-order valence-corrected chi connectivity index (χ4v) is 2.75. The van der Waals surface area contributed by atoms with Crippen molar-refractivity contribution in [1.29, 1.82) is 0 Å². The molecule has 0 saturated heterocycles. The minimum absolute atomic E-state index is 0. The maximum Gasteiger partial charge on any atom is 1.00 e. The van der Waals surface area contributed by atoms with Gasteiger partial charge in [-0.1, -0.05) is 0 Å². The second-order valence-electron chi connectivity index (χ2n) is 2.18. The molecule has 0 aliphatic rings. The van der Waals surface area contributed by atoms with Crippen LogP contribution >= 0.6 is 0 Å². The standard InChI is InChI=1S/Co.2K.6NO2.Na/c;;;6*2-1-3;/q-3;2*+1;;;;;;;+1. The summed E-state index contributed by atoms with van der Waals surface area (Å²) < 4.78 is -19.6. The fourth-order valence-electron chi connectivity index (χ4n) is 0.667. The van der Waals surface area contributed by atoms with Gasteiger partial charge in [0.1, 0.15) is 0 Å². The quantitative estimate of drug-likeness (QED) is 0.213. The second kappa shape index (κ2) is 8.52. The zero-order valence-electron chi connectivity index (χ0n) is 10.9. The van der Waals surface area contributed by atoms with Gasteiger partial charge in [-0.05, 0) is 0 Å². The first-order valence-corrected chi connectivity index (χ1v) is 5.88. The molecule has 0 amide bonds. The van der Waals surface area contributed by atoms with Gasteiger partial charge in [-0.25, -0.2) is 0 Å². The van der Waals surface area contributed by atoms with Crippen molar-refractivity contribution in [3.63, 3.8) is 0 Å². The molecule has 0 aliphatic heterocycles. The van der Waals surface area contributed by atoms with Crippen LogP contribution in [0.15, 0.2) is 0 Å². The molecule has 0 radical (unpaired) electrons. The molecule has 0 spiro atoms. The average Bonchev–Trinajstić information content (AvgIpc) is 2.15. The van der Waals surface area contributed by atoms with E-state index in [2.05, 4.69) is 0 Å². The Balaban J connectivity index is -0.000000540. The Morgan fingerprint density at radius 3 is 0.545 bits per heavy atom. The van der Waals surface area contributed by atoms with Crippen LogP contribution in [-0.2, 0) is 11.8 Å².